The molecule has 1 saturated heterocycles. The summed E-state index contributed by atoms with van der Waals surface area (Å²) in [6.07, 6.45) is -0.158. The molecule has 134 valence electrons. The maximum absolute atomic E-state index is 12.4. The van der Waals surface area contributed by atoms with Gasteiger partial charge in [-0.25, -0.2) is 9.59 Å². The summed E-state index contributed by atoms with van der Waals surface area (Å²) in [6.45, 7) is 5.75. The van der Waals surface area contributed by atoms with Crippen molar-refractivity contribution in [1.82, 2.24) is 9.47 Å². The number of hydrogen-bond acceptors (Lipinski definition) is 7. The maximum atomic E-state index is 12.4. The number of ether oxygens (including phenoxy) is 2. The van der Waals surface area contributed by atoms with Crippen LogP contribution in [0.3, 0.4) is 0 Å². The van der Waals surface area contributed by atoms with Crippen LogP contribution in [0.15, 0.2) is 10.2 Å². The number of piperidine rings is 1. The van der Waals surface area contributed by atoms with Gasteiger partial charge < -0.3 is 19.5 Å². The molecule has 9 heteroatoms. The van der Waals surface area contributed by atoms with Gasteiger partial charge in [0.05, 0.1) is 12.5 Å². The van der Waals surface area contributed by atoms with E-state index in [1.807, 2.05) is 0 Å². The fourth-order valence-corrected chi connectivity index (χ4v) is 3.48. The summed E-state index contributed by atoms with van der Waals surface area (Å²) in [5.74, 6) is -0.886. The second kappa shape index (κ2) is 6.46. The molecule has 0 radical (unpaired) electrons. The van der Waals surface area contributed by atoms with Crippen LogP contribution in [0.5, 0.6) is 5.88 Å². The molecule has 0 saturated carbocycles. The first kappa shape index (κ1) is 18.3. The number of esters is 1. The number of hydrogen-bond donors (Lipinski definition) is 1. The highest BCUT2D eigenvalue weighted by Crippen LogP contribution is 2.34. The molecule has 0 bridgehead atoms. The molecule has 24 heavy (non-hydrogen) atoms. The molecule has 0 spiro atoms. The Labute approximate surface area is 143 Å². The number of carbonyl (C=O) groups is 2. The largest absolute Gasteiger partial charge is 0.494 e. The summed E-state index contributed by atoms with van der Waals surface area (Å²) in [5.41, 5.74) is -1.93. The van der Waals surface area contributed by atoms with Gasteiger partial charge in [-0.15, -0.1) is 0 Å². The van der Waals surface area contributed by atoms with E-state index in [1.165, 1.54) is 17.4 Å². The molecule has 0 atom stereocenters. The topological polar surface area (TPSA) is 98.1 Å². The number of methoxy groups -OCH3 is 1. The number of amides is 1. The SMILES string of the molecule is COC(=O)C1(n2c(O)csc2=O)CCN(C(=O)OC(C)(C)C)CC1. The summed E-state index contributed by atoms with van der Waals surface area (Å²) in [4.78, 5) is 37.7. The first-order chi connectivity index (χ1) is 11.1. The molecule has 1 aromatic rings. The zero-order chi connectivity index (χ0) is 18.1. The van der Waals surface area contributed by atoms with Crippen LogP contribution in [-0.2, 0) is 19.8 Å². The molecular weight excluding hydrogens is 336 g/mol. The van der Waals surface area contributed by atoms with Crippen LogP contribution in [0, 0.1) is 0 Å². The van der Waals surface area contributed by atoms with Crippen molar-refractivity contribution in [2.75, 3.05) is 20.2 Å². The van der Waals surface area contributed by atoms with E-state index in [4.69, 9.17) is 9.47 Å². The zero-order valence-corrected chi connectivity index (χ0v) is 15.0. The Kier molecular flexibility index (Phi) is 4.93. The number of thiazole rings is 1. The van der Waals surface area contributed by atoms with Crippen molar-refractivity contribution in [2.24, 2.45) is 0 Å². The smallest absolute Gasteiger partial charge is 0.410 e. The van der Waals surface area contributed by atoms with E-state index in [1.54, 1.807) is 20.8 Å². The first-order valence-electron chi connectivity index (χ1n) is 7.57. The molecule has 2 heterocycles. The van der Waals surface area contributed by atoms with Crippen LogP contribution in [0.25, 0.3) is 0 Å². The van der Waals surface area contributed by atoms with Gasteiger partial charge in [0.1, 0.15) is 5.60 Å². The molecular formula is C15H22N2O6S. The number of rotatable bonds is 2. The van der Waals surface area contributed by atoms with Gasteiger partial charge in [-0.3, -0.25) is 9.36 Å². The van der Waals surface area contributed by atoms with Crippen LogP contribution < -0.4 is 4.87 Å². The van der Waals surface area contributed by atoms with E-state index in [2.05, 4.69) is 0 Å². The lowest BCUT2D eigenvalue weighted by Crippen LogP contribution is -2.55. The number of nitrogens with zero attached hydrogens (tertiary/aromatic N) is 2. The monoisotopic (exact) mass is 358 g/mol. The minimum atomic E-state index is -1.31. The van der Waals surface area contributed by atoms with Crippen molar-refractivity contribution in [1.29, 1.82) is 0 Å². The molecule has 1 fully saturated rings. The van der Waals surface area contributed by atoms with Crippen molar-refractivity contribution >= 4 is 23.4 Å². The van der Waals surface area contributed by atoms with Gasteiger partial charge in [-0.1, -0.05) is 11.3 Å². The third kappa shape index (κ3) is 3.40. The van der Waals surface area contributed by atoms with Gasteiger partial charge in [0.15, 0.2) is 5.54 Å². The number of likely N-dealkylation sites (tertiary alicyclic amines) is 1. The van der Waals surface area contributed by atoms with Crippen LogP contribution >= 0.6 is 11.3 Å². The van der Waals surface area contributed by atoms with Crippen LogP contribution in [-0.4, -0.2) is 52.4 Å². The van der Waals surface area contributed by atoms with Crippen LogP contribution in [0.1, 0.15) is 33.6 Å². The molecule has 8 nitrogen and oxygen atoms in total. The highest BCUT2D eigenvalue weighted by molar-refractivity contribution is 7.07. The predicted molar refractivity (Wildman–Crippen MR) is 87.3 cm³/mol. The molecule has 0 aromatic carbocycles. The van der Waals surface area contributed by atoms with Crippen molar-refractivity contribution in [3.8, 4) is 5.88 Å². The molecule has 1 N–H and O–H groups in total. The molecule has 1 aliphatic rings. The summed E-state index contributed by atoms with van der Waals surface area (Å²) in [6, 6.07) is 0. The van der Waals surface area contributed by atoms with Crippen molar-refractivity contribution in [3.63, 3.8) is 0 Å². The van der Waals surface area contributed by atoms with Gasteiger partial charge in [0.2, 0.25) is 5.88 Å². The lowest BCUT2D eigenvalue weighted by Gasteiger charge is -2.40. The van der Waals surface area contributed by atoms with E-state index in [9.17, 15) is 19.5 Å². The van der Waals surface area contributed by atoms with Crippen molar-refractivity contribution < 1.29 is 24.2 Å². The van der Waals surface area contributed by atoms with E-state index >= 15 is 0 Å². The van der Waals surface area contributed by atoms with E-state index in [-0.39, 0.29) is 31.8 Å². The summed E-state index contributed by atoms with van der Waals surface area (Å²) >= 11 is 0.810. The van der Waals surface area contributed by atoms with E-state index < -0.39 is 28.1 Å². The number of aromatic nitrogens is 1. The lowest BCUT2D eigenvalue weighted by molar-refractivity contribution is -0.154. The van der Waals surface area contributed by atoms with E-state index in [0.717, 1.165) is 15.9 Å². The maximum Gasteiger partial charge on any atom is 0.410 e. The lowest BCUT2D eigenvalue weighted by atomic mass is 9.87. The molecule has 1 aliphatic heterocycles. The average Bonchev–Trinajstić information content (AvgIpc) is 2.84. The zero-order valence-electron chi connectivity index (χ0n) is 14.2. The molecule has 0 aliphatic carbocycles. The third-order valence-electron chi connectivity index (χ3n) is 3.91. The fraction of sp³-hybridized carbons (Fsp3) is 0.667. The Bertz CT molecular complexity index is 679. The van der Waals surface area contributed by atoms with Gasteiger partial charge in [-0.2, -0.15) is 0 Å². The molecule has 0 unspecified atom stereocenters. The minimum absolute atomic E-state index is 0.156. The highest BCUT2D eigenvalue weighted by Gasteiger charge is 2.47. The second-order valence-electron chi connectivity index (χ2n) is 6.69. The number of aromatic hydroxyl groups is 1. The molecule has 1 aromatic heterocycles. The Morgan fingerprint density at radius 2 is 1.88 bits per heavy atom. The normalized spacial score (nSPS) is 17.4. The predicted octanol–water partition coefficient (Wildman–Crippen LogP) is 1.51. The van der Waals surface area contributed by atoms with Crippen molar-refractivity contribution in [2.45, 2.75) is 44.8 Å². The Balaban J connectivity index is 2.25. The van der Waals surface area contributed by atoms with Gasteiger partial charge >= 0.3 is 16.9 Å². The molecule has 2 rings (SSSR count). The fourth-order valence-electron chi connectivity index (χ4n) is 2.79. The molecule has 1 amide bonds. The quantitative estimate of drug-likeness (QED) is 0.805. The van der Waals surface area contributed by atoms with Gasteiger partial charge in [0, 0.05) is 13.1 Å². The Hall–Kier alpha value is -2.03. The summed E-state index contributed by atoms with van der Waals surface area (Å²) < 4.78 is 11.3. The van der Waals surface area contributed by atoms with E-state index in [0.29, 0.717) is 0 Å². The Morgan fingerprint density at radius 3 is 2.29 bits per heavy atom. The minimum Gasteiger partial charge on any atom is -0.494 e. The average molecular weight is 358 g/mol. The Morgan fingerprint density at radius 1 is 1.29 bits per heavy atom. The van der Waals surface area contributed by atoms with Gasteiger partial charge in [-0.05, 0) is 33.6 Å². The number of carbonyl (C=O) groups excluding carboxylic acids is 2. The summed E-state index contributed by atoms with van der Waals surface area (Å²) in [5, 5.41) is 11.3. The summed E-state index contributed by atoms with van der Waals surface area (Å²) in [7, 11) is 1.23. The van der Waals surface area contributed by atoms with Crippen LogP contribution in [0.4, 0.5) is 4.79 Å². The second-order valence-corrected chi connectivity index (χ2v) is 7.51. The van der Waals surface area contributed by atoms with Crippen molar-refractivity contribution in [3.05, 3.63) is 15.0 Å². The highest BCUT2D eigenvalue weighted by atomic mass is 32.1. The van der Waals surface area contributed by atoms with Crippen LogP contribution in [0.2, 0.25) is 0 Å². The standard InChI is InChI=1S/C15H22N2O6S/c1-14(2,3)23-12(20)16-7-5-15(6-8-16,11(19)22-4)17-10(18)9-24-13(17)21/h9,18H,5-8H2,1-4H3. The van der Waals surface area contributed by atoms with Gasteiger partial charge in [0.25, 0.3) is 0 Å². The third-order valence-corrected chi connectivity index (χ3v) is 4.63. The first-order valence-corrected chi connectivity index (χ1v) is 8.45.